The zero-order valence-electron chi connectivity index (χ0n) is 23.4. The number of likely N-dealkylation sites (N-methyl/N-ethyl adjacent to an activating group) is 1. The van der Waals surface area contributed by atoms with E-state index >= 15 is 0 Å². The Kier molecular flexibility index (Phi) is 9.61. The van der Waals surface area contributed by atoms with Crippen molar-refractivity contribution < 1.29 is 47.9 Å². The van der Waals surface area contributed by atoms with E-state index in [0.29, 0.717) is 11.4 Å². The van der Waals surface area contributed by atoms with Gasteiger partial charge in [0.05, 0.1) is 26.1 Å². The second kappa shape index (κ2) is 12.7. The maximum atomic E-state index is 13.9. The highest BCUT2D eigenvalue weighted by atomic mass is 32.7. The molecule has 0 bridgehead atoms. The number of methoxy groups -OCH3 is 1. The van der Waals surface area contributed by atoms with Gasteiger partial charge in [-0.2, -0.15) is 9.97 Å². The minimum Gasteiger partial charge on any atom is -0.479 e. The molecule has 2 aromatic rings. The Morgan fingerprint density at radius 3 is 2.62 bits per heavy atom. The number of fused-ring (bicyclic) bond motifs is 1. The average Bonchev–Trinajstić information content (AvgIpc) is 3.54. The van der Waals surface area contributed by atoms with Crippen molar-refractivity contribution in [3.8, 4) is 5.88 Å². The van der Waals surface area contributed by atoms with Gasteiger partial charge in [0.2, 0.25) is 11.8 Å². The minimum atomic E-state index is -4.03. The summed E-state index contributed by atoms with van der Waals surface area (Å²) in [6.07, 6.45) is -4.51. The van der Waals surface area contributed by atoms with Crippen molar-refractivity contribution in [3.05, 3.63) is 6.33 Å². The molecule has 2 fully saturated rings. The Bertz CT molecular complexity index is 1390. The first-order valence-corrected chi connectivity index (χ1v) is 16.0. The first-order valence-electron chi connectivity index (χ1n) is 12.7. The van der Waals surface area contributed by atoms with Crippen molar-refractivity contribution in [1.29, 1.82) is 0 Å². The van der Waals surface area contributed by atoms with Crippen LogP contribution in [0.5, 0.6) is 5.88 Å². The molecule has 6 N–H and O–H groups in total. The van der Waals surface area contributed by atoms with Crippen molar-refractivity contribution >= 4 is 53.1 Å². The molecule has 0 saturated carbocycles. The summed E-state index contributed by atoms with van der Waals surface area (Å²) in [7, 11) is 2.78. The summed E-state index contributed by atoms with van der Waals surface area (Å²) in [6, 6.07) is -2.64. The number of amides is 3. The third-order valence-electron chi connectivity index (χ3n) is 6.40. The van der Waals surface area contributed by atoms with Crippen LogP contribution in [0, 0.1) is 0 Å². The second-order valence-corrected chi connectivity index (χ2v) is 14.1. The topological polar surface area (TPSA) is 243 Å². The Balaban J connectivity index is 1.51. The lowest BCUT2D eigenvalue weighted by Gasteiger charge is -2.26. The molecule has 2 aliphatic rings. The van der Waals surface area contributed by atoms with Gasteiger partial charge in [-0.05, 0) is 20.8 Å². The van der Waals surface area contributed by atoms with Crippen molar-refractivity contribution in [2.24, 2.45) is 0 Å². The van der Waals surface area contributed by atoms with Gasteiger partial charge >= 0.3 is 18.7 Å². The summed E-state index contributed by atoms with van der Waals surface area (Å²) in [5.41, 5.74) is 6.17. The lowest BCUT2D eigenvalue weighted by atomic mass is 10.1. The molecule has 2 aliphatic heterocycles. The maximum absolute atomic E-state index is 13.9. The molecule has 4 unspecified atom stereocenters. The normalized spacial score (nSPS) is 26.5. The first kappa shape index (κ1) is 31.9. The SMILES string of the molecule is COc1nc(N)nc2c1ncn2C1OC(COP(=O)(N[C@H](C)C(=O)OC(C)C)SCC2C(=O)NC(=O)N2C)[C@@H](O)[C@H]1O. The Morgan fingerprint density at radius 1 is 1.29 bits per heavy atom. The zero-order chi connectivity index (χ0) is 30.9. The molecule has 4 rings (SSSR count). The number of carbonyl (C=O) groups excluding carboxylic acids is 3. The van der Waals surface area contributed by atoms with Gasteiger partial charge in [0.1, 0.15) is 30.4 Å². The van der Waals surface area contributed by atoms with Crippen LogP contribution in [0.4, 0.5) is 10.7 Å². The number of carbonyl (C=O) groups is 3. The number of nitrogens with one attached hydrogen (secondary N) is 2. The van der Waals surface area contributed by atoms with Crippen LogP contribution in [0.3, 0.4) is 0 Å². The lowest BCUT2D eigenvalue weighted by Crippen LogP contribution is -2.37. The molecule has 2 saturated heterocycles. The standard InChI is InChI=1S/C22H33N8O10PS/c1-9(2)39-20(34)10(3)28-41(36,42-7-11-17(33)26-22(35)29(11)4)38-6-12-14(31)15(32)19(40-12)30-8-24-13-16(30)25-21(23)27-18(13)37-5/h8-12,14-15,19,31-32H,6-7H2,1-5H3,(H,28,36)(H2,23,25,27)(H,26,33,35)/t10-,11?,12?,14-,15-,19?,41?/m1/s1. The number of aliphatic hydroxyl groups excluding tert-OH is 2. The maximum Gasteiger partial charge on any atom is 0.327 e. The van der Waals surface area contributed by atoms with Crippen LogP contribution in [0.25, 0.3) is 11.2 Å². The van der Waals surface area contributed by atoms with E-state index in [1.54, 1.807) is 13.8 Å². The number of nitrogens with zero attached hydrogens (tertiary/aromatic N) is 5. The van der Waals surface area contributed by atoms with E-state index in [0.717, 1.165) is 4.90 Å². The number of nitrogen functional groups attached to an aromatic ring is 1. The van der Waals surface area contributed by atoms with Crippen LogP contribution in [0.2, 0.25) is 0 Å². The Labute approximate surface area is 243 Å². The van der Waals surface area contributed by atoms with Crippen LogP contribution < -0.4 is 20.9 Å². The quantitative estimate of drug-likeness (QED) is 0.111. The van der Waals surface area contributed by atoms with Gasteiger partial charge < -0.3 is 39.6 Å². The summed E-state index contributed by atoms with van der Waals surface area (Å²) in [4.78, 5) is 49.9. The predicted octanol–water partition coefficient (Wildman–Crippen LogP) is -0.626. The van der Waals surface area contributed by atoms with Crippen LogP contribution in [0.15, 0.2) is 6.33 Å². The number of hydrogen-bond donors (Lipinski definition) is 5. The van der Waals surface area contributed by atoms with Gasteiger partial charge in [0, 0.05) is 12.8 Å². The molecule has 4 heterocycles. The molecule has 0 spiro atoms. The predicted molar refractivity (Wildman–Crippen MR) is 147 cm³/mol. The molecule has 0 aliphatic carbocycles. The number of hydrogen-bond acceptors (Lipinski definition) is 15. The zero-order valence-corrected chi connectivity index (χ0v) is 25.1. The van der Waals surface area contributed by atoms with Gasteiger partial charge in [0.15, 0.2) is 17.4 Å². The van der Waals surface area contributed by atoms with Crippen LogP contribution in [-0.4, -0.2) is 116 Å². The number of aromatic nitrogens is 4. The summed E-state index contributed by atoms with van der Waals surface area (Å²) in [6.45, 7) is 0.197. The van der Waals surface area contributed by atoms with Crippen molar-refractivity contribution in [3.63, 3.8) is 0 Å². The fourth-order valence-electron chi connectivity index (χ4n) is 4.19. The van der Waals surface area contributed by atoms with E-state index in [1.807, 2.05) is 0 Å². The third kappa shape index (κ3) is 6.61. The summed E-state index contributed by atoms with van der Waals surface area (Å²) in [5, 5.41) is 26.3. The summed E-state index contributed by atoms with van der Waals surface area (Å²) < 4.78 is 37.2. The molecule has 2 aromatic heterocycles. The molecular weight excluding hydrogens is 599 g/mol. The Hall–Kier alpha value is -3.06. The van der Waals surface area contributed by atoms with E-state index in [-0.39, 0.29) is 28.7 Å². The van der Waals surface area contributed by atoms with E-state index in [2.05, 4.69) is 25.4 Å². The van der Waals surface area contributed by atoms with E-state index in [4.69, 9.17) is 24.5 Å². The molecule has 18 nitrogen and oxygen atoms in total. The third-order valence-corrected chi connectivity index (χ3v) is 10.5. The molecule has 0 radical (unpaired) electrons. The molecular formula is C22H33N8O10PS. The van der Waals surface area contributed by atoms with E-state index < -0.39 is 74.0 Å². The Morgan fingerprint density at radius 2 is 2.00 bits per heavy atom. The number of ether oxygens (including phenoxy) is 3. The fraction of sp³-hybridized carbons (Fsp3) is 0.636. The van der Waals surface area contributed by atoms with Crippen molar-refractivity contribution in [1.82, 2.24) is 34.8 Å². The smallest absolute Gasteiger partial charge is 0.327 e. The molecule has 20 heteroatoms. The van der Waals surface area contributed by atoms with Gasteiger partial charge in [0.25, 0.3) is 5.91 Å². The number of imide groups is 1. The minimum absolute atomic E-state index is 0.0987. The van der Waals surface area contributed by atoms with Crippen molar-refractivity contribution in [2.45, 2.75) is 63.5 Å². The lowest BCUT2D eigenvalue weighted by molar-refractivity contribution is -0.149. The van der Waals surface area contributed by atoms with Crippen LogP contribution in [0.1, 0.15) is 27.0 Å². The molecule has 0 aromatic carbocycles. The highest BCUT2D eigenvalue weighted by Crippen LogP contribution is 2.57. The van der Waals surface area contributed by atoms with Gasteiger partial charge in [-0.15, -0.1) is 0 Å². The number of esters is 1. The van der Waals surface area contributed by atoms with Gasteiger partial charge in [-0.3, -0.25) is 24.0 Å². The first-order chi connectivity index (χ1) is 19.7. The number of rotatable bonds is 12. The number of imidazole rings is 1. The molecule has 232 valence electrons. The van der Waals surface area contributed by atoms with Crippen LogP contribution in [-0.2, 0) is 28.2 Å². The largest absolute Gasteiger partial charge is 0.479 e. The van der Waals surface area contributed by atoms with Gasteiger partial charge in [-0.25, -0.2) is 14.9 Å². The second-order valence-electron chi connectivity index (χ2n) is 9.81. The highest BCUT2D eigenvalue weighted by molar-refractivity contribution is 8.56. The fourth-order valence-corrected chi connectivity index (χ4v) is 8.17. The summed E-state index contributed by atoms with van der Waals surface area (Å²) in [5.74, 6) is -1.44. The highest BCUT2D eigenvalue weighted by Gasteiger charge is 2.46. The number of aliphatic hydroxyl groups is 2. The van der Waals surface area contributed by atoms with E-state index in [9.17, 15) is 29.2 Å². The summed E-state index contributed by atoms with van der Waals surface area (Å²) >= 11 is 0.687. The molecule has 3 amide bonds. The van der Waals surface area contributed by atoms with Crippen molar-refractivity contribution in [2.75, 3.05) is 32.3 Å². The van der Waals surface area contributed by atoms with E-state index in [1.165, 1.54) is 32.0 Å². The monoisotopic (exact) mass is 632 g/mol. The number of urea groups is 1. The molecule has 42 heavy (non-hydrogen) atoms. The van der Waals surface area contributed by atoms with Gasteiger partial charge in [-0.1, -0.05) is 11.4 Å². The number of anilines is 1. The average molecular weight is 633 g/mol. The van der Waals surface area contributed by atoms with Crippen LogP contribution >= 0.6 is 18.1 Å². The molecule has 7 atom stereocenters. The number of nitrogens with two attached hydrogens (primary N) is 1.